The summed E-state index contributed by atoms with van der Waals surface area (Å²) < 4.78 is 39.5. The molecule has 1 aromatic carbocycles. The number of anilines is 1. The second-order valence-electron chi connectivity index (χ2n) is 6.86. The van der Waals surface area contributed by atoms with Crippen molar-refractivity contribution in [3.05, 3.63) is 46.6 Å². The highest BCUT2D eigenvalue weighted by Gasteiger charge is 2.34. The Labute approximate surface area is 173 Å². The zero-order valence-electron chi connectivity index (χ0n) is 15.5. The number of benzene rings is 1. The predicted octanol–water partition coefficient (Wildman–Crippen LogP) is 5.71. The van der Waals surface area contributed by atoms with Crippen molar-refractivity contribution in [1.29, 1.82) is 0 Å². The third kappa shape index (κ3) is 4.11. The molecule has 1 unspecified atom stereocenters. The van der Waals surface area contributed by atoms with Crippen LogP contribution in [0.2, 0.25) is 0 Å². The first kappa shape index (κ1) is 20.2. The Bertz CT molecular complexity index is 1060. The van der Waals surface area contributed by atoms with Crippen LogP contribution in [0.3, 0.4) is 0 Å². The number of nitrogens with one attached hydrogen (secondary N) is 1. The van der Waals surface area contributed by atoms with Crippen LogP contribution < -0.4 is 5.32 Å². The molecule has 4 rings (SSSR count). The summed E-state index contributed by atoms with van der Waals surface area (Å²) in [5.74, 6) is -0.498. The molecule has 1 amide bonds. The number of rotatable bonds is 4. The lowest BCUT2D eigenvalue weighted by atomic mass is 9.97. The average molecular weight is 438 g/mol. The molecular formula is C20H18F3N3OS2. The summed E-state index contributed by atoms with van der Waals surface area (Å²) in [6.07, 6.45) is 1.22. The standard InChI is InChI=1S/C20H18F3N3OS2/c1-11(17(27)26-14-8-4-3-7-13(14)20(21,22)23)28-18-16-12-6-2-5-9-15(12)29-19(16)25-10-24-18/h3-4,7-8,10-11H,2,5-6,9H2,1H3,(H,26,27). The van der Waals surface area contributed by atoms with Crippen molar-refractivity contribution in [2.75, 3.05) is 5.32 Å². The van der Waals surface area contributed by atoms with Crippen LogP contribution in [0.1, 0.15) is 35.8 Å². The van der Waals surface area contributed by atoms with Gasteiger partial charge >= 0.3 is 6.18 Å². The lowest BCUT2D eigenvalue weighted by Gasteiger charge is -2.16. The fourth-order valence-electron chi connectivity index (χ4n) is 3.45. The van der Waals surface area contributed by atoms with Gasteiger partial charge in [0.05, 0.1) is 16.5 Å². The minimum Gasteiger partial charge on any atom is -0.325 e. The van der Waals surface area contributed by atoms with E-state index in [-0.39, 0.29) is 5.69 Å². The molecule has 0 radical (unpaired) electrons. The first-order valence-corrected chi connectivity index (χ1v) is 10.9. The highest BCUT2D eigenvalue weighted by Crippen LogP contribution is 2.40. The Morgan fingerprint density at radius 3 is 2.76 bits per heavy atom. The molecule has 0 saturated carbocycles. The van der Waals surface area contributed by atoms with Crippen LogP contribution in [-0.2, 0) is 23.8 Å². The van der Waals surface area contributed by atoms with Gasteiger partial charge in [-0.1, -0.05) is 23.9 Å². The molecule has 0 fully saturated rings. The molecule has 1 aliphatic carbocycles. The molecule has 0 bridgehead atoms. The zero-order valence-corrected chi connectivity index (χ0v) is 17.2. The van der Waals surface area contributed by atoms with Crippen LogP contribution in [0, 0.1) is 0 Å². The molecule has 2 aromatic heterocycles. The number of amides is 1. The van der Waals surface area contributed by atoms with E-state index in [2.05, 4.69) is 15.3 Å². The van der Waals surface area contributed by atoms with Gasteiger partial charge in [0.1, 0.15) is 16.2 Å². The van der Waals surface area contributed by atoms with Crippen molar-refractivity contribution in [3.8, 4) is 0 Å². The number of hydrogen-bond donors (Lipinski definition) is 1. The van der Waals surface area contributed by atoms with E-state index in [0.717, 1.165) is 42.0 Å². The van der Waals surface area contributed by atoms with E-state index in [0.29, 0.717) is 5.03 Å². The monoisotopic (exact) mass is 437 g/mol. The number of aryl methyl sites for hydroxylation is 2. The molecule has 0 saturated heterocycles. The quantitative estimate of drug-likeness (QED) is 0.420. The Balaban J connectivity index is 1.57. The predicted molar refractivity (Wildman–Crippen MR) is 109 cm³/mol. The minimum atomic E-state index is -4.53. The molecule has 1 aliphatic rings. The largest absolute Gasteiger partial charge is 0.418 e. The summed E-state index contributed by atoms with van der Waals surface area (Å²) >= 11 is 2.92. The third-order valence-corrected chi connectivity index (χ3v) is 7.16. The summed E-state index contributed by atoms with van der Waals surface area (Å²) in [4.78, 5) is 23.6. The number of hydrogen-bond acceptors (Lipinski definition) is 5. The lowest BCUT2D eigenvalue weighted by molar-refractivity contribution is -0.137. The summed E-state index contributed by atoms with van der Waals surface area (Å²) in [6, 6.07) is 4.98. The van der Waals surface area contributed by atoms with E-state index in [4.69, 9.17) is 0 Å². The minimum absolute atomic E-state index is 0.238. The summed E-state index contributed by atoms with van der Waals surface area (Å²) in [6.45, 7) is 1.67. The van der Waals surface area contributed by atoms with Crippen molar-refractivity contribution in [3.63, 3.8) is 0 Å². The number of thiophene rings is 1. The molecule has 1 atom stereocenters. The first-order chi connectivity index (χ1) is 13.8. The van der Waals surface area contributed by atoms with Crippen molar-refractivity contribution >= 4 is 44.9 Å². The van der Waals surface area contributed by atoms with Gasteiger partial charge in [0.25, 0.3) is 0 Å². The highest BCUT2D eigenvalue weighted by molar-refractivity contribution is 8.00. The van der Waals surface area contributed by atoms with Gasteiger partial charge in [0.15, 0.2) is 0 Å². The van der Waals surface area contributed by atoms with Crippen LogP contribution >= 0.6 is 23.1 Å². The molecular weight excluding hydrogens is 419 g/mol. The second-order valence-corrected chi connectivity index (χ2v) is 9.28. The molecule has 4 nitrogen and oxygen atoms in total. The van der Waals surface area contributed by atoms with Crippen molar-refractivity contribution in [1.82, 2.24) is 9.97 Å². The van der Waals surface area contributed by atoms with Gasteiger partial charge in [-0.15, -0.1) is 11.3 Å². The van der Waals surface area contributed by atoms with Crippen molar-refractivity contribution < 1.29 is 18.0 Å². The number of halogens is 3. The SMILES string of the molecule is CC(Sc1ncnc2sc3c(c12)CCCC3)C(=O)Nc1ccccc1C(F)(F)F. The number of alkyl halides is 3. The summed E-state index contributed by atoms with van der Waals surface area (Å²) in [5.41, 5.74) is 0.162. The van der Waals surface area contributed by atoms with Crippen LogP contribution in [0.5, 0.6) is 0 Å². The molecule has 152 valence electrons. The number of carbonyl (C=O) groups excluding carboxylic acids is 1. The number of aromatic nitrogens is 2. The highest BCUT2D eigenvalue weighted by atomic mass is 32.2. The molecule has 9 heteroatoms. The van der Waals surface area contributed by atoms with E-state index in [9.17, 15) is 18.0 Å². The van der Waals surface area contributed by atoms with E-state index in [1.165, 1.54) is 46.7 Å². The topological polar surface area (TPSA) is 54.9 Å². The summed E-state index contributed by atoms with van der Waals surface area (Å²) in [5, 5.41) is 3.51. The van der Waals surface area contributed by atoms with Crippen molar-refractivity contribution in [2.45, 2.75) is 49.1 Å². The van der Waals surface area contributed by atoms with Gasteiger partial charge in [0.2, 0.25) is 5.91 Å². The smallest absolute Gasteiger partial charge is 0.325 e. The second kappa shape index (κ2) is 7.95. The van der Waals surface area contributed by atoms with Crippen molar-refractivity contribution in [2.24, 2.45) is 0 Å². The molecule has 1 N–H and O–H groups in total. The van der Waals surface area contributed by atoms with Gasteiger partial charge in [-0.3, -0.25) is 4.79 Å². The maximum Gasteiger partial charge on any atom is 0.418 e. The van der Waals surface area contributed by atoms with E-state index in [1.807, 2.05) is 0 Å². The Hall–Kier alpha value is -2.13. The number of para-hydroxylation sites is 1. The first-order valence-electron chi connectivity index (χ1n) is 9.23. The molecule has 0 spiro atoms. The van der Waals surface area contributed by atoms with E-state index in [1.54, 1.807) is 18.3 Å². The Morgan fingerprint density at radius 1 is 1.21 bits per heavy atom. The van der Waals surface area contributed by atoms with Gasteiger partial charge in [-0.05, 0) is 50.3 Å². The fourth-order valence-corrected chi connectivity index (χ4v) is 5.69. The number of thioether (sulfide) groups is 1. The molecule has 0 aliphatic heterocycles. The molecule has 2 heterocycles. The van der Waals surface area contributed by atoms with Crippen LogP contribution in [0.25, 0.3) is 10.2 Å². The van der Waals surface area contributed by atoms with Gasteiger partial charge in [-0.2, -0.15) is 13.2 Å². The zero-order chi connectivity index (χ0) is 20.6. The Kier molecular flexibility index (Phi) is 5.52. The van der Waals surface area contributed by atoms with Crippen LogP contribution in [0.15, 0.2) is 35.6 Å². The number of nitrogens with zero attached hydrogens (tertiary/aromatic N) is 2. The van der Waals surface area contributed by atoms with E-state index >= 15 is 0 Å². The van der Waals surface area contributed by atoms with Crippen LogP contribution in [-0.4, -0.2) is 21.1 Å². The molecule has 29 heavy (non-hydrogen) atoms. The maximum atomic E-state index is 13.2. The van der Waals surface area contributed by atoms with Gasteiger partial charge in [-0.25, -0.2) is 9.97 Å². The normalized spacial score (nSPS) is 15.2. The lowest BCUT2D eigenvalue weighted by Crippen LogP contribution is -2.24. The Morgan fingerprint density at radius 2 is 1.97 bits per heavy atom. The summed E-state index contributed by atoms with van der Waals surface area (Å²) in [7, 11) is 0. The van der Waals surface area contributed by atoms with Gasteiger partial charge in [0, 0.05) is 10.3 Å². The third-order valence-electron chi connectivity index (χ3n) is 4.86. The number of fused-ring (bicyclic) bond motifs is 3. The number of carbonyl (C=O) groups is 1. The van der Waals surface area contributed by atoms with Crippen LogP contribution in [0.4, 0.5) is 18.9 Å². The maximum absolute atomic E-state index is 13.2. The molecule has 3 aromatic rings. The van der Waals surface area contributed by atoms with Gasteiger partial charge < -0.3 is 5.32 Å². The average Bonchev–Trinajstić information content (AvgIpc) is 3.07. The van der Waals surface area contributed by atoms with E-state index < -0.39 is 22.9 Å². The fraction of sp³-hybridized carbons (Fsp3) is 0.350.